The molecule has 0 fully saturated rings. The van der Waals surface area contributed by atoms with Gasteiger partial charge in [0.2, 0.25) is 5.91 Å². The molecule has 30 heavy (non-hydrogen) atoms. The number of hydrogen-bond acceptors (Lipinski definition) is 5. The van der Waals surface area contributed by atoms with Gasteiger partial charge in [-0.15, -0.1) is 0 Å². The molecule has 154 valence electrons. The quantitative estimate of drug-likeness (QED) is 0.720. The van der Waals surface area contributed by atoms with Crippen LogP contribution < -0.4 is 19.5 Å². The average molecular weight is 405 g/mol. The van der Waals surface area contributed by atoms with Crippen molar-refractivity contribution in [2.45, 2.75) is 33.0 Å². The van der Waals surface area contributed by atoms with Crippen LogP contribution in [0.15, 0.2) is 42.6 Å². The van der Waals surface area contributed by atoms with Crippen LogP contribution in [0.4, 0.5) is 0 Å². The molecule has 7 nitrogen and oxygen atoms in total. The maximum Gasteiger partial charge on any atom is 0.242 e. The summed E-state index contributed by atoms with van der Waals surface area (Å²) in [7, 11) is 0. The Morgan fingerprint density at radius 1 is 1.10 bits per heavy atom. The van der Waals surface area contributed by atoms with Crippen LogP contribution in [0.1, 0.15) is 29.7 Å². The van der Waals surface area contributed by atoms with Crippen LogP contribution in [-0.4, -0.2) is 28.9 Å². The van der Waals surface area contributed by atoms with Gasteiger partial charge < -0.3 is 19.5 Å². The third kappa shape index (κ3) is 3.36. The molecule has 1 atom stereocenters. The lowest BCUT2D eigenvalue weighted by molar-refractivity contribution is -0.122. The lowest BCUT2D eigenvalue weighted by Crippen LogP contribution is -2.31. The molecule has 1 aromatic heterocycles. The van der Waals surface area contributed by atoms with Crippen molar-refractivity contribution in [3.05, 3.63) is 59.3 Å². The van der Waals surface area contributed by atoms with E-state index in [4.69, 9.17) is 14.2 Å². The Balaban J connectivity index is 1.33. The molecular formula is C23H23N3O4. The third-order valence-electron chi connectivity index (χ3n) is 5.43. The van der Waals surface area contributed by atoms with Gasteiger partial charge in [-0.25, -0.2) is 0 Å². The lowest BCUT2D eigenvalue weighted by Gasteiger charge is -2.22. The van der Waals surface area contributed by atoms with Crippen molar-refractivity contribution in [2.75, 3.05) is 13.2 Å². The number of amides is 1. The molecule has 0 unspecified atom stereocenters. The van der Waals surface area contributed by atoms with E-state index < -0.39 is 0 Å². The molecule has 0 radical (unpaired) electrons. The zero-order valence-electron chi connectivity index (χ0n) is 17.0. The molecule has 2 aliphatic heterocycles. The first kappa shape index (κ1) is 18.5. The summed E-state index contributed by atoms with van der Waals surface area (Å²) in [6, 6.07) is 11.6. The molecule has 0 spiro atoms. The van der Waals surface area contributed by atoms with Crippen molar-refractivity contribution in [1.82, 2.24) is 15.1 Å². The highest BCUT2D eigenvalue weighted by Crippen LogP contribution is 2.38. The van der Waals surface area contributed by atoms with E-state index in [9.17, 15) is 4.79 Å². The zero-order chi connectivity index (χ0) is 20.7. The molecule has 7 heteroatoms. The van der Waals surface area contributed by atoms with E-state index >= 15 is 0 Å². The number of aromatic nitrogens is 2. The normalized spacial score (nSPS) is 14.9. The first-order chi connectivity index (χ1) is 14.6. The van der Waals surface area contributed by atoms with Crippen molar-refractivity contribution < 1.29 is 19.0 Å². The van der Waals surface area contributed by atoms with Crippen LogP contribution in [0.3, 0.4) is 0 Å². The predicted octanol–water partition coefficient (Wildman–Crippen LogP) is 3.40. The summed E-state index contributed by atoms with van der Waals surface area (Å²) in [6.07, 6.45) is 1.78. The molecule has 1 amide bonds. The van der Waals surface area contributed by atoms with E-state index in [2.05, 4.69) is 16.5 Å². The predicted molar refractivity (Wildman–Crippen MR) is 111 cm³/mol. The Morgan fingerprint density at radius 3 is 2.77 bits per heavy atom. The second-order valence-electron chi connectivity index (χ2n) is 7.66. The highest BCUT2D eigenvalue weighted by atomic mass is 16.6. The van der Waals surface area contributed by atoms with Gasteiger partial charge in [-0.05, 0) is 43.7 Å². The van der Waals surface area contributed by atoms with Gasteiger partial charge >= 0.3 is 0 Å². The molecule has 0 saturated heterocycles. The number of aryl methyl sites for hydroxylation is 1. The maximum atomic E-state index is 12.8. The van der Waals surface area contributed by atoms with Crippen molar-refractivity contribution in [3.8, 4) is 28.5 Å². The van der Waals surface area contributed by atoms with Crippen LogP contribution in [0.2, 0.25) is 0 Å². The summed E-state index contributed by atoms with van der Waals surface area (Å²) in [6.45, 7) is 5.68. The largest absolute Gasteiger partial charge is 0.488 e. The molecule has 5 rings (SSSR count). The molecular weight excluding hydrogens is 382 g/mol. The number of benzene rings is 2. The van der Waals surface area contributed by atoms with Crippen molar-refractivity contribution in [1.29, 1.82) is 0 Å². The summed E-state index contributed by atoms with van der Waals surface area (Å²) in [5.41, 5.74) is 5.00. The minimum absolute atomic E-state index is 0.107. The summed E-state index contributed by atoms with van der Waals surface area (Å²) in [4.78, 5) is 12.8. The van der Waals surface area contributed by atoms with Gasteiger partial charge in [0, 0.05) is 11.1 Å². The number of hydrogen-bond donors (Lipinski definition) is 1. The van der Waals surface area contributed by atoms with Crippen molar-refractivity contribution in [3.63, 3.8) is 0 Å². The first-order valence-corrected chi connectivity index (χ1v) is 10.1. The molecule has 3 heterocycles. The zero-order valence-corrected chi connectivity index (χ0v) is 17.0. The van der Waals surface area contributed by atoms with Gasteiger partial charge in [-0.1, -0.05) is 17.7 Å². The van der Waals surface area contributed by atoms with Gasteiger partial charge in [-0.3, -0.25) is 9.48 Å². The fraction of sp³-hybridized carbons (Fsp3) is 0.304. The van der Waals surface area contributed by atoms with Crippen LogP contribution in [0.25, 0.3) is 11.3 Å². The van der Waals surface area contributed by atoms with E-state index in [1.54, 1.807) is 10.9 Å². The van der Waals surface area contributed by atoms with Gasteiger partial charge in [0.15, 0.2) is 11.5 Å². The van der Waals surface area contributed by atoms with E-state index in [-0.39, 0.29) is 18.5 Å². The second-order valence-corrected chi connectivity index (χ2v) is 7.66. The molecule has 0 saturated carbocycles. The standard InChI is InChI=1S/C23H23N3O4/c1-14-3-5-19-18(9-14)23-17(13-30-19)11-24-26(23)12-22(27)25-15(2)16-4-6-20-21(10-16)29-8-7-28-20/h3-6,9-11,15H,7-8,12-13H2,1-2H3,(H,25,27)/t15-/m0/s1. The number of rotatable bonds is 4. The highest BCUT2D eigenvalue weighted by molar-refractivity contribution is 5.79. The average Bonchev–Trinajstić information content (AvgIpc) is 3.16. The number of ether oxygens (including phenoxy) is 3. The van der Waals surface area contributed by atoms with Crippen molar-refractivity contribution in [2.24, 2.45) is 0 Å². The van der Waals surface area contributed by atoms with E-state index in [0.717, 1.165) is 39.4 Å². The highest BCUT2D eigenvalue weighted by Gasteiger charge is 2.24. The van der Waals surface area contributed by atoms with Crippen LogP contribution in [-0.2, 0) is 17.9 Å². The van der Waals surface area contributed by atoms with E-state index in [1.807, 2.05) is 44.2 Å². The fourth-order valence-corrected chi connectivity index (χ4v) is 3.91. The van der Waals surface area contributed by atoms with Crippen LogP contribution in [0, 0.1) is 6.92 Å². The number of nitrogens with zero attached hydrogens (tertiary/aromatic N) is 2. The first-order valence-electron chi connectivity index (χ1n) is 10.1. The fourth-order valence-electron chi connectivity index (χ4n) is 3.91. The van der Waals surface area contributed by atoms with Crippen molar-refractivity contribution >= 4 is 5.91 Å². The van der Waals surface area contributed by atoms with Crippen LogP contribution >= 0.6 is 0 Å². The monoisotopic (exact) mass is 405 g/mol. The number of carbonyl (C=O) groups is 1. The minimum Gasteiger partial charge on any atom is -0.488 e. The number of carbonyl (C=O) groups excluding carboxylic acids is 1. The summed E-state index contributed by atoms with van der Waals surface area (Å²) >= 11 is 0. The SMILES string of the molecule is Cc1ccc2c(c1)-c1c(cnn1CC(=O)N[C@@H](C)c1ccc3c(c1)OCCO3)CO2. The Labute approximate surface area is 174 Å². The smallest absolute Gasteiger partial charge is 0.242 e. The van der Waals surface area contributed by atoms with Gasteiger partial charge in [0.25, 0.3) is 0 Å². The third-order valence-corrected chi connectivity index (χ3v) is 5.43. The topological polar surface area (TPSA) is 74.6 Å². The van der Waals surface area contributed by atoms with Gasteiger partial charge in [0.05, 0.1) is 17.9 Å². The maximum absolute atomic E-state index is 12.8. The lowest BCUT2D eigenvalue weighted by atomic mass is 10.0. The molecule has 0 aliphatic carbocycles. The van der Waals surface area contributed by atoms with Gasteiger partial charge in [0.1, 0.15) is 32.1 Å². The van der Waals surface area contributed by atoms with E-state index in [0.29, 0.717) is 25.6 Å². The Morgan fingerprint density at radius 2 is 1.90 bits per heavy atom. The molecule has 1 N–H and O–H groups in total. The van der Waals surface area contributed by atoms with E-state index in [1.165, 1.54) is 0 Å². The number of nitrogens with one attached hydrogen (secondary N) is 1. The van der Waals surface area contributed by atoms with Crippen LogP contribution in [0.5, 0.6) is 17.2 Å². The summed E-state index contributed by atoms with van der Waals surface area (Å²) in [5, 5.41) is 7.50. The second kappa shape index (κ2) is 7.40. The molecule has 0 bridgehead atoms. The number of fused-ring (bicyclic) bond motifs is 4. The minimum atomic E-state index is -0.169. The Hall–Kier alpha value is -3.48. The Bertz CT molecular complexity index is 1120. The molecule has 2 aromatic carbocycles. The Kier molecular flexibility index (Phi) is 4.58. The summed E-state index contributed by atoms with van der Waals surface area (Å²) in [5.74, 6) is 2.17. The molecule has 3 aromatic rings. The van der Waals surface area contributed by atoms with Gasteiger partial charge in [-0.2, -0.15) is 5.10 Å². The molecule has 2 aliphatic rings. The summed E-state index contributed by atoms with van der Waals surface area (Å²) < 4.78 is 18.8.